The molecule has 1 heterocycles. The number of ether oxygens (including phenoxy) is 1. The quantitative estimate of drug-likeness (QED) is 0.444. The molecular weight excluding hydrogens is 286 g/mol. The number of aromatic nitrogens is 1. The summed E-state index contributed by atoms with van der Waals surface area (Å²) in [7, 11) is 0. The Labute approximate surface area is 127 Å². The van der Waals surface area contributed by atoms with Crippen molar-refractivity contribution in [2.24, 2.45) is 0 Å². The van der Waals surface area contributed by atoms with Gasteiger partial charge >= 0.3 is 5.97 Å². The minimum absolute atomic E-state index is 0.110. The smallest absolute Gasteiger partial charge is 0.341 e. The summed E-state index contributed by atoms with van der Waals surface area (Å²) in [5.41, 5.74) is 0.667. The van der Waals surface area contributed by atoms with Crippen molar-refractivity contribution in [2.45, 2.75) is 19.9 Å². The van der Waals surface area contributed by atoms with Gasteiger partial charge in [0, 0.05) is 19.4 Å². The summed E-state index contributed by atoms with van der Waals surface area (Å²) in [6, 6.07) is 7.59. The van der Waals surface area contributed by atoms with Crippen LogP contribution >= 0.6 is 0 Å². The number of hydrogen-bond donors (Lipinski definition) is 3. The lowest BCUT2D eigenvalue weighted by Gasteiger charge is -2.06. The maximum absolute atomic E-state index is 11.8. The number of phenolic OH excluding ortho intramolecular Hbond substituents is 1. The first-order chi connectivity index (χ1) is 10.5. The van der Waals surface area contributed by atoms with Crippen molar-refractivity contribution in [3.63, 3.8) is 0 Å². The van der Waals surface area contributed by atoms with Gasteiger partial charge in [0.15, 0.2) is 18.5 Å². The van der Waals surface area contributed by atoms with Crippen molar-refractivity contribution in [1.29, 1.82) is 0 Å². The van der Waals surface area contributed by atoms with E-state index in [0.29, 0.717) is 18.7 Å². The normalized spacial score (nSPS) is 10.4. The molecule has 3 N–H and O–H groups in total. The molecule has 0 unspecified atom stereocenters. The van der Waals surface area contributed by atoms with Gasteiger partial charge in [0.25, 0.3) is 0 Å². The molecule has 0 aliphatic rings. The summed E-state index contributed by atoms with van der Waals surface area (Å²) in [6.45, 7) is 2.39. The molecule has 6 nitrogen and oxygen atoms in total. The molecule has 2 rings (SSSR count). The van der Waals surface area contributed by atoms with Crippen LogP contribution in [0.5, 0.6) is 17.2 Å². The van der Waals surface area contributed by atoms with E-state index >= 15 is 0 Å². The Morgan fingerprint density at radius 1 is 1.14 bits per heavy atom. The minimum atomic E-state index is -0.576. The summed E-state index contributed by atoms with van der Waals surface area (Å²) in [6.07, 6.45) is 2.18. The minimum Gasteiger partial charge on any atom is -0.507 e. The second-order valence-corrected chi connectivity index (χ2v) is 4.84. The molecule has 2 aromatic rings. The Hall–Kier alpha value is -2.76. The van der Waals surface area contributed by atoms with Crippen LogP contribution in [0.2, 0.25) is 0 Å². The zero-order valence-corrected chi connectivity index (χ0v) is 12.2. The van der Waals surface area contributed by atoms with E-state index in [2.05, 4.69) is 0 Å². The van der Waals surface area contributed by atoms with E-state index < -0.39 is 5.97 Å². The number of benzene rings is 1. The molecule has 0 bridgehead atoms. The molecule has 0 saturated heterocycles. The highest BCUT2D eigenvalue weighted by atomic mass is 16.5. The third-order valence-electron chi connectivity index (χ3n) is 3.33. The molecule has 1 aromatic heterocycles. The first-order valence-electron chi connectivity index (χ1n) is 6.87. The number of pyridine rings is 1. The fourth-order valence-electron chi connectivity index (χ4n) is 2.04. The Bertz CT molecular complexity index is 684. The van der Waals surface area contributed by atoms with Crippen LogP contribution in [0.3, 0.4) is 0 Å². The van der Waals surface area contributed by atoms with Crippen LogP contribution in [0.4, 0.5) is 0 Å². The van der Waals surface area contributed by atoms with Gasteiger partial charge in [0.2, 0.25) is 11.4 Å². The third kappa shape index (κ3) is 3.46. The predicted octanol–water partition coefficient (Wildman–Crippen LogP) is 1.65. The number of hydrogen-bond acceptors (Lipinski definition) is 5. The number of para-hydroxylation sites is 1. The van der Waals surface area contributed by atoms with Crippen LogP contribution in [-0.4, -0.2) is 27.9 Å². The van der Waals surface area contributed by atoms with Gasteiger partial charge in [-0.3, -0.25) is 0 Å². The fraction of sp³-hybridized carbons (Fsp3) is 0.250. The van der Waals surface area contributed by atoms with E-state index in [1.165, 1.54) is 18.2 Å². The molecule has 0 radical (unpaired) electrons. The molecule has 0 saturated carbocycles. The molecular formula is C16H18NO5+. The maximum atomic E-state index is 11.8. The van der Waals surface area contributed by atoms with Crippen molar-refractivity contribution < 1.29 is 29.4 Å². The molecule has 6 heteroatoms. The van der Waals surface area contributed by atoms with Crippen LogP contribution in [-0.2, 0) is 11.3 Å². The zero-order valence-electron chi connectivity index (χ0n) is 12.2. The van der Waals surface area contributed by atoms with E-state index in [4.69, 9.17) is 4.74 Å². The number of nitrogens with zero attached hydrogens (tertiary/aromatic N) is 1. The van der Waals surface area contributed by atoms with Crippen molar-refractivity contribution >= 4 is 5.97 Å². The van der Waals surface area contributed by atoms with Crippen molar-refractivity contribution in [3.8, 4) is 17.2 Å². The zero-order chi connectivity index (χ0) is 16.1. The lowest BCUT2D eigenvalue weighted by molar-refractivity contribution is -0.703. The van der Waals surface area contributed by atoms with Gasteiger partial charge in [0.1, 0.15) is 11.3 Å². The molecule has 0 fully saturated rings. The topological polar surface area (TPSA) is 90.9 Å². The summed E-state index contributed by atoms with van der Waals surface area (Å²) in [5.74, 6) is -1.01. The second kappa shape index (κ2) is 6.80. The van der Waals surface area contributed by atoms with E-state index in [-0.39, 0.29) is 29.4 Å². The Kier molecular flexibility index (Phi) is 4.83. The molecule has 22 heavy (non-hydrogen) atoms. The van der Waals surface area contributed by atoms with Gasteiger partial charge in [-0.2, -0.15) is 4.57 Å². The number of carbonyl (C=O) groups is 1. The van der Waals surface area contributed by atoms with Crippen molar-refractivity contribution in [3.05, 3.63) is 47.8 Å². The van der Waals surface area contributed by atoms with Gasteiger partial charge in [0.05, 0.1) is 6.61 Å². The van der Waals surface area contributed by atoms with E-state index in [1.807, 2.05) is 0 Å². The van der Waals surface area contributed by atoms with Gasteiger partial charge in [-0.1, -0.05) is 12.1 Å². The van der Waals surface area contributed by atoms with Crippen LogP contribution < -0.4 is 4.57 Å². The first kappa shape index (κ1) is 15.6. The number of rotatable bonds is 5. The maximum Gasteiger partial charge on any atom is 0.341 e. The van der Waals surface area contributed by atoms with Gasteiger partial charge < -0.3 is 20.1 Å². The van der Waals surface area contributed by atoms with Crippen molar-refractivity contribution in [1.82, 2.24) is 0 Å². The lowest BCUT2D eigenvalue weighted by Crippen LogP contribution is -2.37. The average Bonchev–Trinajstić information content (AvgIpc) is 2.51. The van der Waals surface area contributed by atoms with Gasteiger partial charge in [-0.05, 0) is 12.1 Å². The molecule has 116 valence electrons. The highest BCUT2D eigenvalue weighted by Gasteiger charge is 2.15. The highest BCUT2D eigenvalue weighted by molar-refractivity contribution is 5.92. The van der Waals surface area contributed by atoms with Crippen LogP contribution in [0.25, 0.3) is 0 Å². The lowest BCUT2D eigenvalue weighted by atomic mass is 10.2. The van der Waals surface area contributed by atoms with Gasteiger partial charge in [-0.15, -0.1) is 0 Å². The summed E-state index contributed by atoms with van der Waals surface area (Å²) >= 11 is 0. The van der Waals surface area contributed by atoms with Crippen LogP contribution in [0, 0.1) is 6.92 Å². The van der Waals surface area contributed by atoms with E-state index in [1.54, 1.807) is 29.8 Å². The number of esters is 1. The monoisotopic (exact) mass is 304 g/mol. The SMILES string of the molecule is Cc1c(O)c(O)cc[n+]1CCCOC(=O)c1ccccc1O. The Morgan fingerprint density at radius 3 is 2.59 bits per heavy atom. The van der Waals surface area contributed by atoms with E-state index in [9.17, 15) is 20.1 Å². The number of carbonyl (C=O) groups excluding carboxylic acids is 1. The molecule has 1 aromatic carbocycles. The molecule has 0 spiro atoms. The number of phenols is 1. The second-order valence-electron chi connectivity index (χ2n) is 4.84. The summed E-state index contributed by atoms with van der Waals surface area (Å²) < 4.78 is 6.85. The Balaban J connectivity index is 1.86. The largest absolute Gasteiger partial charge is 0.507 e. The standard InChI is InChI=1S/C16H17NO5/c1-11-15(20)14(19)7-9-17(11)8-4-10-22-16(21)12-5-2-3-6-13(12)18/h2-3,5-7,9H,4,8,10H2,1H3,(H2,18,20,21)/p+1. The molecule has 0 amide bonds. The molecule has 0 atom stereocenters. The fourth-order valence-corrected chi connectivity index (χ4v) is 2.04. The third-order valence-corrected chi connectivity index (χ3v) is 3.33. The number of aromatic hydroxyl groups is 3. The first-order valence-corrected chi connectivity index (χ1v) is 6.87. The van der Waals surface area contributed by atoms with Gasteiger partial charge in [-0.25, -0.2) is 4.79 Å². The summed E-state index contributed by atoms with van der Waals surface area (Å²) in [4.78, 5) is 11.8. The molecule has 0 aliphatic carbocycles. The Morgan fingerprint density at radius 2 is 1.86 bits per heavy atom. The summed E-state index contributed by atoms with van der Waals surface area (Å²) in [5, 5.41) is 28.5. The van der Waals surface area contributed by atoms with E-state index in [0.717, 1.165) is 0 Å². The predicted molar refractivity (Wildman–Crippen MR) is 77.7 cm³/mol. The average molecular weight is 304 g/mol. The van der Waals surface area contributed by atoms with Crippen molar-refractivity contribution in [2.75, 3.05) is 6.61 Å². The van der Waals surface area contributed by atoms with Crippen LogP contribution in [0.1, 0.15) is 22.5 Å². The molecule has 0 aliphatic heterocycles. The number of aryl methyl sites for hydroxylation is 1. The highest BCUT2D eigenvalue weighted by Crippen LogP contribution is 2.24. The van der Waals surface area contributed by atoms with Crippen LogP contribution in [0.15, 0.2) is 36.5 Å².